The number of ether oxygens (including phenoxy) is 1. The summed E-state index contributed by atoms with van der Waals surface area (Å²) in [5, 5.41) is 5.62. The van der Waals surface area contributed by atoms with Crippen LogP contribution < -0.4 is 15.4 Å². The van der Waals surface area contributed by atoms with Crippen molar-refractivity contribution in [1.82, 2.24) is 9.80 Å². The molecule has 1 aliphatic heterocycles. The van der Waals surface area contributed by atoms with Gasteiger partial charge in [0.05, 0.1) is 7.11 Å². The van der Waals surface area contributed by atoms with Crippen LogP contribution in [0.25, 0.3) is 0 Å². The second kappa shape index (κ2) is 9.23. The molecule has 0 aromatic heterocycles. The van der Waals surface area contributed by atoms with Gasteiger partial charge in [0, 0.05) is 56.6 Å². The number of carbonyl (C=O) groups excluding carboxylic acids is 2. The maximum Gasteiger partial charge on any atom is 0.321 e. The van der Waals surface area contributed by atoms with Crippen molar-refractivity contribution in [3.05, 3.63) is 54.1 Å². The van der Waals surface area contributed by atoms with Gasteiger partial charge in [-0.3, -0.25) is 9.69 Å². The molecule has 1 saturated heterocycles. The summed E-state index contributed by atoms with van der Waals surface area (Å²) in [6.07, 6.45) is 0. The highest BCUT2D eigenvalue weighted by Crippen LogP contribution is 2.20. The van der Waals surface area contributed by atoms with Crippen LogP contribution in [-0.2, 0) is 11.3 Å². The number of nitrogens with zero attached hydrogens (tertiary/aromatic N) is 2. The van der Waals surface area contributed by atoms with Crippen LogP contribution in [0.2, 0.25) is 0 Å². The summed E-state index contributed by atoms with van der Waals surface area (Å²) in [5.74, 6) is 0.747. The minimum Gasteiger partial charge on any atom is -0.496 e. The van der Waals surface area contributed by atoms with E-state index in [1.807, 2.05) is 23.1 Å². The van der Waals surface area contributed by atoms with Crippen LogP contribution in [0.5, 0.6) is 5.75 Å². The van der Waals surface area contributed by atoms with Crippen LogP contribution in [0, 0.1) is 0 Å². The summed E-state index contributed by atoms with van der Waals surface area (Å²) in [4.78, 5) is 27.9. The number of nitrogens with one attached hydrogen (secondary N) is 2. The van der Waals surface area contributed by atoms with Crippen LogP contribution in [0.4, 0.5) is 16.2 Å². The largest absolute Gasteiger partial charge is 0.496 e. The molecular weight excluding hydrogens is 356 g/mol. The zero-order chi connectivity index (χ0) is 19.9. The van der Waals surface area contributed by atoms with Crippen molar-refractivity contribution < 1.29 is 14.3 Å². The van der Waals surface area contributed by atoms with Gasteiger partial charge in [-0.1, -0.05) is 24.3 Å². The number of amides is 3. The molecule has 0 bridgehead atoms. The third kappa shape index (κ3) is 5.23. The molecule has 1 heterocycles. The van der Waals surface area contributed by atoms with Crippen molar-refractivity contribution in [2.24, 2.45) is 0 Å². The standard InChI is InChI=1S/C21H26N4O3/c1-16(26)22-18-7-5-8-19(14-18)23-21(27)25-12-10-24(11-13-25)15-17-6-3-4-9-20(17)28-2/h3-9,14H,10-13,15H2,1-2H3,(H,22,26)(H,23,27). The predicted octanol–water partition coefficient (Wildman–Crippen LogP) is 3.00. The Hall–Kier alpha value is -3.06. The first-order valence-electron chi connectivity index (χ1n) is 9.33. The van der Waals surface area contributed by atoms with Gasteiger partial charge in [0.1, 0.15) is 5.75 Å². The van der Waals surface area contributed by atoms with Crippen molar-refractivity contribution in [3.8, 4) is 5.75 Å². The summed E-state index contributed by atoms with van der Waals surface area (Å²) >= 11 is 0. The van der Waals surface area contributed by atoms with Crippen molar-refractivity contribution in [2.45, 2.75) is 13.5 Å². The zero-order valence-electron chi connectivity index (χ0n) is 16.3. The molecule has 7 nitrogen and oxygen atoms in total. The topological polar surface area (TPSA) is 73.9 Å². The molecule has 0 spiro atoms. The maximum absolute atomic E-state index is 12.6. The molecule has 0 atom stereocenters. The van der Waals surface area contributed by atoms with Gasteiger partial charge in [-0.2, -0.15) is 0 Å². The molecule has 0 radical (unpaired) electrons. The van der Waals surface area contributed by atoms with Gasteiger partial charge in [0.2, 0.25) is 5.91 Å². The number of hydrogen-bond donors (Lipinski definition) is 2. The summed E-state index contributed by atoms with van der Waals surface area (Å²) in [6, 6.07) is 15.0. The van der Waals surface area contributed by atoms with Crippen LogP contribution in [0.3, 0.4) is 0 Å². The summed E-state index contributed by atoms with van der Waals surface area (Å²) < 4.78 is 5.42. The molecule has 3 rings (SSSR count). The fourth-order valence-corrected chi connectivity index (χ4v) is 3.26. The first-order chi connectivity index (χ1) is 13.5. The first kappa shape index (κ1) is 19.7. The summed E-state index contributed by atoms with van der Waals surface area (Å²) in [7, 11) is 1.68. The van der Waals surface area contributed by atoms with E-state index in [0.717, 1.165) is 30.9 Å². The van der Waals surface area contributed by atoms with E-state index in [0.29, 0.717) is 24.5 Å². The molecule has 0 saturated carbocycles. The molecule has 2 aromatic carbocycles. The van der Waals surface area contributed by atoms with E-state index in [-0.39, 0.29) is 11.9 Å². The normalized spacial score (nSPS) is 14.4. The fourth-order valence-electron chi connectivity index (χ4n) is 3.26. The Morgan fingerprint density at radius 2 is 1.64 bits per heavy atom. The number of para-hydroxylation sites is 1. The second-order valence-corrected chi connectivity index (χ2v) is 6.77. The Kier molecular flexibility index (Phi) is 6.49. The minimum absolute atomic E-state index is 0.128. The molecule has 148 valence electrons. The lowest BCUT2D eigenvalue weighted by Crippen LogP contribution is -2.49. The lowest BCUT2D eigenvalue weighted by molar-refractivity contribution is -0.114. The molecule has 1 fully saturated rings. The third-order valence-corrected chi connectivity index (χ3v) is 4.68. The van der Waals surface area contributed by atoms with E-state index in [1.165, 1.54) is 6.92 Å². The van der Waals surface area contributed by atoms with Crippen molar-refractivity contribution in [2.75, 3.05) is 43.9 Å². The highest BCUT2D eigenvalue weighted by atomic mass is 16.5. The van der Waals surface area contributed by atoms with Gasteiger partial charge in [-0.15, -0.1) is 0 Å². The molecule has 28 heavy (non-hydrogen) atoms. The number of rotatable bonds is 5. The molecular formula is C21H26N4O3. The number of urea groups is 1. The first-order valence-corrected chi connectivity index (χ1v) is 9.33. The van der Waals surface area contributed by atoms with E-state index in [9.17, 15) is 9.59 Å². The summed E-state index contributed by atoms with van der Waals surface area (Å²) in [6.45, 7) is 5.18. The van der Waals surface area contributed by atoms with Crippen LogP contribution >= 0.6 is 0 Å². The van der Waals surface area contributed by atoms with Gasteiger partial charge < -0.3 is 20.3 Å². The molecule has 7 heteroatoms. The molecule has 1 aliphatic rings. The van der Waals surface area contributed by atoms with Crippen molar-refractivity contribution >= 4 is 23.3 Å². The van der Waals surface area contributed by atoms with Gasteiger partial charge in [0.25, 0.3) is 0 Å². The highest BCUT2D eigenvalue weighted by molar-refractivity contribution is 5.92. The number of piperazine rings is 1. The Morgan fingerprint density at radius 3 is 2.32 bits per heavy atom. The Labute approximate surface area is 165 Å². The van der Waals surface area contributed by atoms with Gasteiger partial charge >= 0.3 is 6.03 Å². The SMILES string of the molecule is COc1ccccc1CN1CCN(C(=O)Nc2cccc(NC(C)=O)c2)CC1. The van der Waals surface area contributed by atoms with E-state index >= 15 is 0 Å². The van der Waals surface area contributed by atoms with E-state index in [4.69, 9.17) is 4.74 Å². The summed E-state index contributed by atoms with van der Waals surface area (Å²) in [5.41, 5.74) is 2.47. The Morgan fingerprint density at radius 1 is 0.964 bits per heavy atom. The Balaban J connectivity index is 1.52. The van der Waals surface area contributed by atoms with E-state index in [2.05, 4.69) is 21.6 Å². The zero-order valence-corrected chi connectivity index (χ0v) is 16.3. The Bertz CT molecular complexity index is 832. The third-order valence-electron chi connectivity index (χ3n) is 4.68. The number of anilines is 2. The number of carbonyl (C=O) groups is 2. The average Bonchev–Trinajstić information content (AvgIpc) is 2.68. The number of methoxy groups -OCH3 is 1. The molecule has 0 unspecified atom stereocenters. The average molecular weight is 382 g/mol. The number of benzene rings is 2. The number of hydrogen-bond acceptors (Lipinski definition) is 4. The second-order valence-electron chi connectivity index (χ2n) is 6.77. The van der Waals surface area contributed by atoms with Crippen LogP contribution in [0.15, 0.2) is 48.5 Å². The van der Waals surface area contributed by atoms with Crippen molar-refractivity contribution in [3.63, 3.8) is 0 Å². The van der Waals surface area contributed by atoms with Gasteiger partial charge in [-0.25, -0.2) is 4.79 Å². The quantitative estimate of drug-likeness (QED) is 0.834. The molecule has 0 aliphatic carbocycles. The molecule has 2 N–H and O–H groups in total. The van der Waals surface area contributed by atoms with Crippen LogP contribution in [-0.4, -0.2) is 55.0 Å². The fraction of sp³-hybridized carbons (Fsp3) is 0.333. The monoisotopic (exact) mass is 382 g/mol. The maximum atomic E-state index is 12.6. The minimum atomic E-state index is -0.144. The lowest BCUT2D eigenvalue weighted by atomic mass is 10.1. The van der Waals surface area contributed by atoms with Gasteiger partial charge in [-0.05, 0) is 24.3 Å². The van der Waals surface area contributed by atoms with Crippen molar-refractivity contribution in [1.29, 1.82) is 0 Å². The highest BCUT2D eigenvalue weighted by Gasteiger charge is 2.22. The van der Waals surface area contributed by atoms with E-state index in [1.54, 1.807) is 31.4 Å². The smallest absolute Gasteiger partial charge is 0.321 e. The van der Waals surface area contributed by atoms with E-state index < -0.39 is 0 Å². The molecule has 3 amide bonds. The lowest BCUT2D eigenvalue weighted by Gasteiger charge is -2.34. The van der Waals surface area contributed by atoms with Crippen LogP contribution in [0.1, 0.15) is 12.5 Å². The molecule has 2 aromatic rings. The predicted molar refractivity (Wildman–Crippen MR) is 110 cm³/mol. The van der Waals surface area contributed by atoms with Gasteiger partial charge in [0.15, 0.2) is 0 Å².